The standard InChI is InChI=1S/C12H20ClNO/c1-9-6-7-14(12(15)8-13)11-5-3-2-4-10(9)11/h9-11H,2-8H2,1H3/t9-,10+,11+/m1/s1. The summed E-state index contributed by atoms with van der Waals surface area (Å²) in [5.41, 5.74) is 0. The van der Waals surface area contributed by atoms with Crippen molar-refractivity contribution in [3.05, 3.63) is 0 Å². The summed E-state index contributed by atoms with van der Waals surface area (Å²) in [6.07, 6.45) is 6.27. The van der Waals surface area contributed by atoms with Crippen LogP contribution in [0.5, 0.6) is 0 Å². The van der Waals surface area contributed by atoms with Gasteiger partial charge >= 0.3 is 0 Å². The highest BCUT2D eigenvalue weighted by Gasteiger charge is 2.38. The molecule has 2 nitrogen and oxygen atoms in total. The van der Waals surface area contributed by atoms with Crippen molar-refractivity contribution in [2.24, 2.45) is 11.8 Å². The number of fused-ring (bicyclic) bond motifs is 1. The Balaban J connectivity index is 2.10. The SMILES string of the molecule is C[C@@H]1CCN(C(=O)CCl)[C@H]2CCCC[C@@H]12. The van der Waals surface area contributed by atoms with E-state index in [0.29, 0.717) is 6.04 Å². The number of hydrogen-bond acceptors (Lipinski definition) is 1. The van der Waals surface area contributed by atoms with Gasteiger partial charge in [-0.15, -0.1) is 11.6 Å². The monoisotopic (exact) mass is 229 g/mol. The summed E-state index contributed by atoms with van der Waals surface area (Å²) in [5.74, 6) is 1.81. The van der Waals surface area contributed by atoms with Gasteiger partial charge in [0.1, 0.15) is 5.88 Å². The third-order valence-corrected chi connectivity index (χ3v) is 4.40. The third kappa shape index (κ3) is 2.15. The summed E-state index contributed by atoms with van der Waals surface area (Å²) in [4.78, 5) is 13.8. The normalized spacial score (nSPS) is 36.1. The van der Waals surface area contributed by atoms with E-state index in [4.69, 9.17) is 11.6 Å². The Hall–Kier alpha value is -0.240. The fourth-order valence-corrected chi connectivity index (χ4v) is 3.45. The molecule has 1 amide bonds. The Morgan fingerprint density at radius 3 is 2.80 bits per heavy atom. The highest BCUT2D eigenvalue weighted by Crippen LogP contribution is 2.38. The van der Waals surface area contributed by atoms with Crippen LogP contribution < -0.4 is 0 Å². The van der Waals surface area contributed by atoms with Gasteiger partial charge in [0.15, 0.2) is 0 Å². The number of likely N-dealkylation sites (tertiary alicyclic amines) is 1. The molecule has 0 N–H and O–H groups in total. The average molecular weight is 230 g/mol. The molecular formula is C12H20ClNO. The van der Waals surface area contributed by atoms with Gasteiger partial charge in [0.2, 0.25) is 5.91 Å². The predicted molar refractivity (Wildman–Crippen MR) is 62.0 cm³/mol. The first kappa shape index (κ1) is 11.3. The maximum atomic E-state index is 11.7. The first-order valence-corrected chi connectivity index (χ1v) is 6.63. The molecule has 15 heavy (non-hydrogen) atoms. The van der Waals surface area contributed by atoms with Crippen molar-refractivity contribution >= 4 is 17.5 Å². The highest BCUT2D eigenvalue weighted by atomic mass is 35.5. The molecular weight excluding hydrogens is 210 g/mol. The van der Waals surface area contributed by atoms with Crippen LogP contribution in [0.25, 0.3) is 0 Å². The summed E-state index contributed by atoms with van der Waals surface area (Å²) in [6.45, 7) is 3.26. The van der Waals surface area contributed by atoms with Crippen molar-refractivity contribution in [1.82, 2.24) is 4.90 Å². The fraction of sp³-hybridized carbons (Fsp3) is 0.917. The number of carbonyl (C=O) groups is 1. The minimum atomic E-state index is 0.139. The smallest absolute Gasteiger partial charge is 0.237 e. The number of amides is 1. The Morgan fingerprint density at radius 1 is 1.33 bits per heavy atom. The molecule has 0 aromatic rings. The molecule has 86 valence electrons. The number of halogens is 1. The van der Waals surface area contributed by atoms with E-state index >= 15 is 0 Å². The highest BCUT2D eigenvalue weighted by molar-refractivity contribution is 6.27. The lowest BCUT2D eigenvalue weighted by Crippen LogP contribution is -2.52. The van der Waals surface area contributed by atoms with Crippen molar-refractivity contribution in [2.45, 2.75) is 45.1 Å². The van der Waals surface area contributed by atoms with Crippen LogP contribution in [-0.4, -0.2) is 29.3 Å². The molecule has 0 bridgehead atoms. The predicted octanol–water partition coefficient (Wildman–Crippen LogP) is 2.65. The zero-order valence-electron chi connectivity index (χ0n) is 9.42. The lowest BCUT2D eigenvalue weighted by molar-refractivity contribution is -0.136. The lowest BCUT2D eigenvalue weighted by Gasteiger charge is -2.47. The maximum absolute atomic E-state index is 11.7. The van der Waals surface area contributed by atoms with E-state index in [2.05, 4.69) is 11.8 Å². The van der Waals surface area contributed by atoms with Gasteiger partial charge in [0.25, 0.3) is 0 Å². The number of hydrogen-bond donors (Lipinski definition) is 0. The molecule has 3 atom stereocenters. The minimum Gasteiger partial charge on any atom is -0.338 e. The molecule has 1 aliphatic heterocycles. The van der Waals surface area contributed by atoms with Crippen molar-refractivity contribution in [2.75, 3.05) is 12.4 Å². The van der Waals surface area contributed by atoms with Crippen LogP contribution in [0.2, 0.25) is 0 Å². The second-order valence-corrected chi connectivity index (χ2v) is 5.27. The Morgan fingerprint density at radius 2 is 2.07 bits per heavy atom. The number of nitrogens with zero attached hydrogens (tertiary/aromatic N) is 1. The van der Waals surface area contributed by atoms with Crippen LogP contribution in [0.3, 0.4) is 0 Å². The molecule has 2 fully saturated rings. The Bertz CT molecular complexity index is 244. The van der Waals surface area contributed by atoms with Crippen LogP contribution in [0.4, 0.5) is 0 Å². The van der Waals surface area contributed by atoms with E-state index in [1.54, 1.807) is 0 Å². The number of alkyl halides is 1. The molecule has 0 radical (unpaired) electrons. The van der Waals surface area contributed by atoms with E-state index in [-0.39, 0.29) is 11.8 Å². The van der Waals surface area contributed by atoms with Crippen LogP contribution in [-0.2, 0) is 4.79 Å². The molecule has 3 heteroatoms. The molecule has 2 aliphatic rings. The number of rotatable bonds is 1. The van der Waals surface area contributed by atoms with E-state index in [9.17, 15) is 4.79 Å². The first-order chi connectivity index (χ1) is 7.24. The van der Waals surface area contributed by atoms with Gasteiger partial charge in [0, 0.05) is 12.6 Å². The quantitative estimate of drug-likeness (QED) is 0.633. The summed E-state index contributed by atoms with van der Waals surface area (Å²) >= 11 is 5.66. The average Bonchev–Trinajstić information content (AvgIpc) is 2.29. The second-order valence-electron chi connectivity index (χ2n) is 5.00. The molecule has 0 spiro atoms. The molecule has 1 saturated heterocycles. The number of carbonyl (C=O) groups excluding carboxylic acids is 1. The third-order valence-electron chi connectivity index (χ3n) is 4.17. The molecule has 0 aromatic carbocycles. The largest absolute Gasteiger partial charge is 0.338 e. The molecule has 2 rings (SSSR count). The van der Waals surface area contributed by atoms with Crippen LogP contribution in [0.1, 0.15) is 39.0 Å². The second kappa shape index (κ2) is 4.73. The van der Waals surface area contributed by atoms with Gasteiger partial charge < -0.3 is 4.90 Å². The zero-order valence-corrected chi connectivity index (χ0v) is 10.2. The molecule has 1 aliphatic carbocycles. The van der Waals surface area contributed by atoms with E-state index in [1.807, 2.05) is 0 Å². The maximum Gasteiger partial charge on any atom is 0.237 e. The van der Waals surface area contributed by atoms with Gasteiger partial charge in [-0.1, -0.05) is 19.8 Å². The van der Waals surface area contributed by atoms with Crippen LogP contribution in [0.15, 0.2) is 0 Å². The van der Waals surface area contributed by atoms with Crippen LogP contribution in [0, 0.1) is 11.8 Å². The van der Waals surface area contributed by atoms with Crippen molar-refractivity contribution in [1.29, 1.82) is 0 Å². The van der Waals surface area contributed by atoms with Gasteiger partial charge in [-0.3, -0.25) is 4.79 Å². The van der Waals surface area contributed by atoms with Crippen molar-refractivity contribution < 1.29 is 4.79 Å². The van der Waals surface area contributed by atoms with E-state index in [0.717, 1.165) is 24.8 Å². The van der Waals surface area contributed by atoms with E-state index in [1.165, 1.54) is 25.7 Å². The summed E-state index contributed by atoms with van der Waals surface area (Å²) in [7, 11) is 0. The Kier molecular flexibility index (Phi) is 3.55. The fourth-order valence-electron chi connectivity index (χ4n) is 3.30. The van der Waals surface area contributed by atoms with Gasteiger partial charge in [-0.25, -0.2) is 0 Å². The summed E-state index contributed by atoms with van der Waals surface area (Å²) < 4.78 is 0. The molecule has 1 saturated carbocycles. The van der Waals surface area contributed by atoms with Crippen molar-refractivity contribution in [3.8, 4) is 0 Å². The first-order valence-electron chi connectivity index (χ1n) is 6.09. The zero-order chi connectivity index (χ0) is 10.8. The lowest BCUT2D eigenvalue weighted by atomic mass is 9.72. The van der Waals surface area contributed by atoms with Gasteiger partial charge in [-0.05, 0) is 31.1 Å². The molecule has 1 heterocycles. The number of piperidine rings is 1. The minimum absolute atomic E-state index is 0.139. The summed E-state index contributed by atoms with van der Waals surface area (Å²) in [5, 5.41) is 0. The topological polar surface area (TPSA) is 20.3 Å². The summed E-state index contributed by atoms with van der Waals surface area (Å²) in [6, 6.07) is 0.494. The van der Waals surface area contributed by atoms with Crippen molar-refractivity contribution in [3.63, 3.8) is 0 Å². The van der Waals surface area contributed by atoms with Gasteiger partial charge in [-0.2, -0.15) is 0 Å². The van der Waals surface area contributed by atoms with Gasteiger partial charge in [0.05, 0.1) is 0 Å². The Labute approximate surface area is 97.0 Å². The molecule has 0 aromatic heterocycles. The molecule has 0 unspecified atom stereocenters. The van der Waals surface area contributed by atoms with Crippen LogP contribution >= 0.6 is 11.6 Å². The van der Waals surface area contributed by atoms with E-state index < -0.39 is 0 Å².